The Bertz CT molecular complexity index is 1120. The van der Waals surface area contributed by atoms with Crippen LogP contribution in [0.25, 0.3) is 11.3 Å². The monoisotopic (exact) mass is 426 g/mol. The fraction of sp³-hybridized carbons (Fsp3) is 0.286. The highest BCUT2D eigenvalue weighted by atomic mass is 32.1. The number of hydrogen-bond donors (Lipinski definition) is 1. The Morgan fingerprint density at radius 2 is 1.87 bits per heavy atom. The third-order valence-electron chi connectivity index (χ3n) is 4.32. The van der Waals surface area contributed by atoms with Crippen molar-refractivity contribution >= 4 is 28.3 Å². The molecule has 2 heterocycles. The lowest BCUT2D eigenvalue weighted by atomic mass is 10.1. The van der Waals surface area contributed by atoms with Crippen molar-refractivity contribution in [2.75, 3.05) is 11.9 Å². The van der Waals surface area contributed by atoms with Crippen LogP contribution in [0.1, 0.15) is 34.8 Å². The van der Waals surface area contributed by atoms with Crippen LogP contribution in [0.15, 0.2) is 41.2 Å². The molecule has 3 aromatic rings. The number of nitrogens with zero attached hydrogens (tertiary/aromatic N) is 3. The van der Waals surface area contributed by atoms with Gasteiger partial charge in [0.2, 0.25) is 5.91 Å². The minimum Gasteiger partial charge on any atom is -0.462 e. The van der Waals surface area contributed by atoms with Crippen molar-refractivity contribution in [3.05, 3.63) is 62.9 Å². The van der Waals surface area contributed by atoms with Crippen LogP contribution in [0.5, 0.6) is 0 Å². The lowest BCUT2D eigenvalue weighted by Crippen LogP contribution is -2.29. The molecule has 9 heteroatoms. The first-order valence-corrected chi connectivity index (χ1v) is 10.3. The second kappa shape index (κ2) is 9.45. The number of hydrogen-bond acceptors (Lipinski definition) is 7. The van der Waals surface area contributed by atoms with E-state index < -0.39 is 11.9 Å². The number of amides is 1. The van der Waals surface area contributed by atoms with Gasteiger partial charge in [0.25, 0.3) is 5.56 Å². The zero-order valence-electron chi connectivity index (χ0n) is 17.0. The summed E-state index contributed by atoms with van der Waals surface area (Å²) in [5, 5.41) is 7.18. The molecule has 0 aliphatic carbocycles. The number of rotatable bonds is 7. The number of aryl methyl sites for hydroxylation is 2. The molecule has 30 heavy (non-hydrogen) atoms. The molecule has 0 aliphatic rings. The van der Waals surface area contributed by atoms with Gasteiger partial charge >= 0.3 is 5.97 Å². The molecule has 0 bridgehead atoms. The lowest BCUT2D eigenvalue weighted by molar-refractivity contribution is -0.117. The first-order valence-electron chi connectivity index (χ1n) is 9.53. The summed E-state index contributed by atoms with van der Waals surface area (Å²) < 4.78 is 6.07. The van der Waals surface area contributed by atoms with Crippen molar-refractivity contribution in [2.24, 2.45) is 0 Å². The summed E-state index contributed by atoms with van der Waals surface area (Å²) in [4.78, 5) is 41.0. The molecule has 0 saturated carbocycles. The summed E-state index contributed by atoms with van der Waals surface area (Å²) in [6.45, 7) is 5.44. The SMILES string of the molecule is CCOC(=O)c1sc(NC(=O)Cn2nc(-c3ccc(CC)cc3)ccc2=O)nc1C. The number of anilines is 1. The Labute approximate surface area is 177 Å². The van der Waals surface area contributed by atoms with Crippen LogP contribution in [-0.4, -0.2) is 33.2 Å². The van der Waals surface area contributed by atoms with Gasteiger partial charge in [-0.1, -0.05) is 42.5 Å². The van der Waals surface area contributed by atoms with E-state index in [-0.39, 0.29) is 23.8 Å². The normalized spacial score (nSPS) is 10.6. The smallest absolute Gasteiger partial charge is 0.350 e. The lowest BCUT2D eigenvalue weighted by Gasteiger charge is -2.07. The number of thiazole rings is 1. The summed E-state index contributed by atoms with van der Waals surface area (Å²) in [7, 11) is 0. The van der Waals surface area contributed by atoms with Gasteiger partial charge in [-0.05, 0) is 31.9 Å². The average Bonchev–Trinajstić information content (AvgIpc) is 3.10. The third kappa shape index (κ3) is 4.98. The van der Waals surface area contributed by atoms with Crippen molar-refractivity contribution < 1.29 is 14.3 Å². The van der Waals surface area contributed by atoms with Gasteiger partial charge in [-0.3, -0.25) is 9.59 Å². The second-order valence-electron chi connectivity index (χ2n) is 6.47. The highest BCUT2D eigenvalue weighted by molar-refractivity contribution is 7.17. The van der Waals surface area contributed by atoms with Crippen LogP contribution in [-0.2, 0) is 22.5 Å². The number of esters is 1. The molecule has 0 aliphatic heterocycles. The summed E-state index contributed by atoms with van der Waals surface area (Å²) in [5.74, 6) is -0.945. The predicted molar refractivity (Wildman–Crippen MR) is 115 cm³/mol. The molecule has 156 valence electrons. The number of nitrogens with one attached hydrogen (secondary N) is 1. The molecular weight excluding hydrogens is 404 g/mol. The van der Waals surface area contributed by atoms with Crippen LogP contribution in [0.2, 0.25) is 0 Å². The van der Waals surface area contributed by atoms with E-state index in [2.05, 4.69) is 22.3 Å². The Kier molecular flexibility index (Phi) is 6.73. The van der Waals surface area contributed by atoms with Gasteiger partial charge in [0.15, 0.2) is 5.13 Å². The Morgan fingerprint density at radius 1 is 1.13 bits per heavy atom. The topological polar surface area (TPSA) is 103 Å². The van der Waals surface area contributed by atoms with E-state index >= 15 is 0 Å². The maximum absolute atomic E-state index is 12.4. The molecule has 3 rings (SSSR count). The Hall–Kier alpha value is -3.33. The van der Waals surface area contributed by atoms with E-state index in [4.69, 9.17) is 4.74 Å². The molecule has 1 N–H and O–H groups in total. The number of carbonyl (C=O) groups excluding carboxylic acids is 2. The van der Waals surface area contributed by atoms with Gasteiger partial charge in [-0.15, -0.1) is 0 Å². The Balaban J connectivity index is 1.74. The van der Waals surface area contributed by atoms with E-state index in [1.807, 2.05) is 24.3 Å². The van der Waals surface area contributed by atoms with Gasteiger partial charge in [0, 0.05) is 11.6 Å². The Morgan fingerprint density at radius 3 is 2.53 bits per heavy atom. The third-order valence-corrected chi connectivity index (χ3v) is 5.37. The first-order chi connectivity index (χ1) is 14.4. The van der Waals surface area contributed by atoms with Crippen molar-refractivity contribution in [3.8, 4) is 11.3 Å². The van der Waals surface area contributed by atoms with E-state index in [9.17, 15) is 14.4 Å². The highest BCUT2D eigenvalue weighted by Crippen LogP contribution is 2.23. The van der Waals surface area contributed by atoms with Crippen molar-refractivity contribution in [1.29, 1.82) is 0 Å². The quantitative estimate of drug-likeness (QED) is 0.583. The molecule has 0 fully saturated rings. The van der Waals surface area contributed by atoms with Gasteiger partial charge in [-0.25, -0.2) is 14.5 Å². The minimum atomic E-state index is -0.479. The zero-order chi connectivity index (χ0) is 21.7. The number of ether oxygens (including phenoxy) is 1. The highest BCUT2D eigenvalue weighted by Gasteiger charge is 2.18. The van der Waals surface area contributed by atoms with Crippen LogP contribution in [0, 0.1) is 6.92 Å². The summed E-state index contributed by atoms with van der Waals surface area (Å²) in [6.07, 6.45) is 0.932. The minimum absolute atomic E-state index is 0.254. The van der Waals surface area contributed by atoms with Gasteiger partial charge in [0.05, 0.1) is 18.0 Å². The van der Waals surface area contributed by atoms with Crippen LogP contribution < -0.4 is 10.9 Å². The molecular formula is C21H22N4O4S. The van der Waals surface area contributed by atoms with Crippen molar-refractivity contribution in [2.45, 2.75) is 33.7 Å². The van der Waals surface area contributed by atoms with Crippen LogP contribution >= 0.6 is 11.3 Å². The molecule has 1 amide bonds. The zero-order valence-corrected chi connectivity index (χ0v) is 17.8. The van der Waals surface area contributed by atoms with Crippen LogP contribution in [0.3, 0.4) is 0 Å². The molecule has 0 atom stereocenters. The van der Waals surface area contributed by atoms with E-state index in [0.29, 0.717) is 16.3 Å². The fourth-order valence-electron chi connectivity index (χ4n) is 2.76. The van der Waals surface area contributed by atoms with Gasteiger partial charge in [-0.2, -0.15) is 5.10 Å². The summed E-state index contributed by atoms with van der Waals surface area (Å²) in [6, 6.07) is 10.9. The standard InChI is InChI=1S/C21H22N4O4S/c1-4-14-6-8-15(9-7-14)16-10-11-18(27)25(24-16)12-17(26)23-21-22-13(3)19(30-21)20(28)29-5-2/h6-11H,4-5,12H2,1-3H3,(H,22,23,26). The second-order valence-corrected chi connectivity index (χ2v) is 7.47. The number of carbonyl (C=O) groups is 2. The largest absolute Gasteiger partial charge is 0.462 e. The molecule has 1 aromatic carbocycles. The molecule has 8 nitrogen and oxygen atoms in total. The molecule has 0 radical (unpaired) electrons. The van der Waals surface area contributed by atoms with Crippen molar-refractivity contribution in [3.63, 3.8) is 0 Å². The van der Waals surface area contributed by atoms with Gasteiger partial charge < -0.3 is 10.1 Å². The summed E-state index contributed by atoms with van der Waals surface area (Å²) >= 11 is 1.03. The molecule has 0 unspecified atom stereocenters. The van der Waals surface area contributed by atoms with E-state index in [1.165, 1.54) is 11.6 Å². The predicted octanol–water partition coefficient (Wildman–Crippen LogP) is 3.05. The van der Waals surface area contributed by atoms with Crippen LogP contribution in [0.4, 0.5) is 5.13 Å². The molecule has 0 spiro atoms. The van der Waals surface area contributed by atoms with E-state index in [0.717, 1.165) is 28.0 Å². The molecule has 2 aromatic heterocycles. The molecule has 0 saturated heterocycles. The van der Waals surface area contributed by atoms with E-state index in [1.54, 1.807) is 19.9 Å². The summed E-state index contributed by atoms with van der Waals surface area (Å²) in [5.41, 5.74) is 2.74. The first kappa shape index (κ1) is 21.4. The average molecular weight is 426 g/mol. The van der Waals surface area contributed by atoms with Gasteiger partial charge in [0.1, 0.15) is 11.4 Å². The maximum Gasteiger partial charge on any atom is 0.350 e. The maximum atomic E-state index is 12.4. The van der Waals surface area contributed by atoms with Crippen molar-refractivity contribution in [1.82, 2.24) is 14.8 Å². The number of aromatic nitrogens is 3. The number of benzene rings is 1. The fourth-order valence-corrected chi connectivity index (χ4v) is 3.63.